The van der Waals surface area contributed by atoms with Crippen LogP contribution in [0, 0.1) is 11.8 Å². The Morgan fingerprint density at radius 1 is 1.64 bits per heavy atom. The molecule has 0 aromatic heterocycles. The third-order valence-corrected chi connectivity index (χ3v) is 1.57. The van der Waals surface area contributed by atoms with E-state index in [1.807, 2.05) is 0 Å². The van der Waals surface area contributed by atoms with Crippen LogP contribution in [0.4, 0.5) is 0 Å². The van der Waals surface area contributed by atoms with E-state index in [0.29, 0.717) is 0 Å². The summed E-state index contributed by atoms with van der Waals surface area (Å²) >= 11 is 2.27. The first-order valence-corrected chi connectivity index (χ1v) is 4.46. The van der Waals surface area contributed by atoms with Crippen molar-refractivity contribution >= 4 is 28.6 Å². The summed E-state index contributed by atoms with van der Waals surface area (Å²) in [6.45, 7) is 0. The summed E-state index contributed by atoms with van der Waals surface area (Å²) in [4.78, 5) is 10.4. The van der Waals surface area contributed by atoms with Crippen molar-refractivity contribution in [1.29, 1.82) is 0 Å². The molecule has 0 heterocycles. The topological polar surface area (TPSA) is 26.3 Å². The Morgan fingerprint density at radius 2 is 2.27 bits per heavy atom. The summed E-state index contributed by atoms with van der Waals surface area (Å²) in [5, 5.41) is 0. The van der Waals surface area contributed by atoms with E-state index in [-0.39, 0.29) is 19.5 Å². The molecule has 11 heavy (non-hydrogen) atoms. The minimum absolute atomic E-state index is 0. The number of hydrogen-bond donors (Lipinski definition) is 0. The van der Waals surface area contributed by atoms with Crippen LogP contribution >= 0.6 is 22.6 Å². The maximum absolute atomic E-state index is 10.4. The molecule has 0 atom stereocenters. The molecular weight excluding hydrogens is 308 g/mol. The summed E-state index contributed by atoms with van der Waals surface area (Å²) in [6, 6.07) is 0. The monoisotopic (exact) mass is 316 g/mol. The number of alkyl halides is 1. The van der Waals surface area contributed by atoms with Gasteiger partial charge in [0.1, 0.15) is 0 Å². The van der Waals surface area contributed by atoms with E-state index in [1.54, 1.807) is 0 Å². The Morgan fingerprint density at radius 3 is 2.73 bits per heavy atom. The molecule has 0 saturated heterocycles. The Hall–Kier alpha value is 0.383. The van der Waals surface area contributed by atoms with Gasteiger partial charge in [-0.15, -0.1) is 0 Å². The summed E-state index contributed by atoms with van der Waals surface area (Å²) in [7, 11) is 1.33. The molecule has 0 aromatic rings. The van der Waals surface area contributed by atoms with Crippen LogP contribution in [0.2, 0.25) is 0 Å². The van der Waals surface area contributed by atoms with Crippen LogP contribution in [0.5, 0.6) is 0 Å². The molecule has 4 heteroatoms. The zero-order valence-corrected chi connectivity index (χ0v) is 11.6. The SMILES string of the molecule is COC(=O)C#CCCCI.[Zn]. The van der Waals surface area contributed by atoms with Gasteiger partial charge >= 0.3 is 5.97 Å². The van der Waals surface area contributed by atoms with Crippen molar-refractivity contribution in [2.24, 2.45) is 0 Å². The molecule has 0 fully saturated rings. The Kier molecular flexibility index (Phi) is 13.2. The van der Waals surface area contributed by atoms with E-state index in [1.165, 1.54) is 7.11 Å². The molecule has 0 saturated carbocycles. The molecule has 0 rings (SSSR count). The summed E-state index contributed by atoms with van der Waals surface area (Å²) in [5.74, 6) is 4.61. The number of unbranched alkanes of at least 4 members (excludes halogenated alkanes) is 1. The van der Waals surface area contributed by atoms with Gasteiger partial charge in [-0.25, -0.2) is 4.79 Å². The first-order valence-electron chi connectivity index (χ1n) is 2.94. The Bertz CT molecular complexity index is 160. The molecular formula is C7H9IO2Zn. The number of hydrogen-bond acceptors (Lipinski definition) is 2. The van der Waals surface area contributed by atoms with Gasteiger partial charge in [-0.3, -0.25) is 0 Å². The predicted molar refractivity (Wildman–Crippen MR) is 47.9 cm³/mol. The average molecular weight is 317 g/mol. The fraction of sp³-hybridized carbons (Fsp3) is 0.571. The van der Waals surface area contributed by atoms with E-state index in [4.69, 9.17) is 0 Å². The second kappa shape index (κ2) is 10.4. The van der Waals surface area contributed by atoms with E-state index in [9.17, 15) is 4.79 Å². The normalized spacial score (nSPS) is 7.09. The summed E-state index contributed by atoms with van der Waals surface area (Å²) in [6.07, 6.45) is 1.81. The quantitative estimate of drug-likeness (QED) is 0.146. The van der Waals surface area contributed by atoms with Crippen LogP contribution in [0.1, 0.15) is 12.8 Å². The second-order valence-electron chi connectivity index (χ2n) is 1.59. The maximum Gasteiger partial charge on any atom is 0.384 e. The zero-order valence-electron chi connectivity index (χ0n) is 6.52. The molecule has 0 aliphatic heterocycles. The molecule has 0 N–H and O–H groups in total. The molecule has 0 radical (unpaired) electrons. The Balaban J connectivity index is 0. The fourth-order valence-electron chi connectivity index (χ4n) is 0.341. The molecule has 0 aliphatic rings. The largest absolute Gasteiger partial charge is 0.459 e. The van der Waals surface area contributed by atoms with Crippen molar-refractivity contribution in [2.45, 2.75) is 12.8 Å². The molecule has 0 spiro atoms. The van der Waals surface area contributed by atoms with Crippen LogP contribution in [-0.2, 0) is 29.0 Å². The molecule has 0 amide bonds. The first-order chi connectivity index (χ1) is 4.81. The van der Waals surface area contributed by atoms with Gasteiger partial charge in [-0.05, 0) is 6.42 Å². The molecule has 0 unspecified atom stereocenters. The van der Waals surface area contributed by atoms with E-state index in [0.717, 1.165) is 17.3 Å². The number of carbonyl (C=O) groups is 1. The first kappa shape index (κ1) is 13.9. The van der Waals surface area contributed by atoms with Gasteiger partial charge in [0.2, 0.25) is 0 Å². The van der Waals surface area contributed by atoms with E-state index < -0.39 is 5.97 Å². The van der Waals surface area contributed by atoms with Gasteiger partial charge in [-0.1, -0.05) is 28.5 Å². The smallest absolute Gasteiger partial charge is 0.384 e. The van der Waals surface area contributed by atoms with Gasteiger partial charge in [0.05, 0.1) is 7.11 Å². The van der Waals surface area contributed by atoms with Crippen LogP contribution in [0.3, 0.4) is 0 Å². The average Bonchev–Trinajstić information content (AvgIpc) is 1.98. The Labute approximate surface area is 93.3 Å². The standard InChI is InChI=1S/C7H9IO2.Zn/c1-10-7(9)5-3-2-4-6-8;/h2,4,6H2,1H3;. The van der Waals surface area contributed by atoms with Crippen molar-refractivity contribution < 1.29 is 29.0 Å². The maximum atomic E-state index is 10.4. The minimum atomic E-state index is -0.451. The summed E-state index contributed by atoms with van der Waals surface area (Å²) in [5.41, 5.74) is 0. The van der Waals surface area contributed by atoms with Gasteiger partial charge < -0.3 is 4.74 Å². The van der Waals surface area contributed by atoms with E-state index in [2.05, 4.69) is 39.2 Å². The van der Waals surface area contributed by atoms with Crippen molar-refractivity contribution in [1.82, 2.24) is 0 Å². The van der Waals surface area contributed by atoms with Crippen molar-refractivity contribution in [3.63, 3.8) is 0 Å². The number of ether oxygens (including phenoxy) is 1. The fourth-order valence-corrected chi connectivity index (χ4v) is 0.722. The third kappa shape index (κ3) is 10.4. The number of esters is 1. The van der Waals surface area contributed by atoms with Crippen LogP contribution in [0.15, 0.2) is 0 Å². The van der Waals surface area contributed by atoms with Crippen molar-refractivity contribution in [2.75, 3.05) is 11.5 Å². The van der Waals surface area contributed by atoms with Crippen molar-refractivity contribution in [3.05, 3.63) is 0 Å². The number of rotatable bonds is 2. The van der Waals surface area contributed by atoms with Gasteiger partial charge in [0, 0.05) is 36.2 Å². The van der Waals surface area contributed by atoms with Crippen LogP contribution in [0.25, 0.3) is 0 Å². The molecule has 0 bridgehead atoms. The summed E-state index contributed by atoms with van der Waals surface area (Å²) < 4.78 is 5.39. The zero-order chi connectivity index (χ0) is 7.82. The minimum Gasteiger partial charge on any atom is -0.459 e. The molecule has 0 aliphatic carbocycles. The van der Waals surface area contributed by atoms with Crippen molar-refractivity contribution in [3.8, 4) is 11.8 Å². The van der Waals surface area contributed by atoms with Crippen LogP contribution in [-0.4, -0.2) is 17.5 Å². The molecule has 0 aromatic carbocycles. The predicted octanol–water partition coefficient (Wildman–Crippen LogP) is 1.38. The van der Waals surface area contributed by atoms with Crippen LogP contribution < -0.4 is 0 Å². The van der Waals surface area contributed by atoms with Gasteiger partial charge in [-0.2, -0.15) is 0 Å². The van der Waals surface area contributed by atoms with E-state index >= 15 is 0 Å². The number of carbonyl (C=O) groups excluding carboxylic acids is 1. The molecule has 58 valence electrons. The second-order valence-corrected chi connectivity index (χ2v) is 2.66. The van der Waals surface area contributed by atoms with Gasteiger partial charge in [0.25, 0.3) is 0 Å². The van der Waals surface area contributed by atoms with Gasteiger partial charge in [0.15, 0.2) is 0 Å². The number of halogens is 1. The third-order valence-electron chi connectivity index (χ3n) is 0.811. The number of methoxy groups -OCH3 is 1. The molecule has 2 nitrogen and oxygen atoms in total.